The van der Waals surface area contributed by atoms with Gasteiger partial charge in [0.1, 0.15) is 0 Å². The number of carboxylic acids is 1. The van der Waals surface area contributed by atoms with Crippen molar-refractivity contribution >= 4 is 11.9 Å². The lowest BCUT2D eigenvalue weighted by Gasteiger charge is -2.39. The van der Waals surface area contributed by atoms with Crippen molar-refractivity contribution in [3.05, 3.63) is 35.4 Å². The molecule has 0 aromatic heterocycles. The maximum Gasteiger partial charge on any atom is 0.331 e. The highest BCUT2D eigenvalue weighted by atomic mass is 16.4. The van der Waals surface area contributed by atoms with E-state index in [-0.39, 0.29) is 11.8 Å². The summed E-state index contributed by atoms with van der Waals surface area (Å²) >= 11 is 0. The molecule has 5 nitrogen and oxygen atoms in total. The Bertz CT molecular complexity index is 593. The van der Waals surface area contributed by atoms with Crippen molar-refractivity contribution in [2.45, 2.75) is 37.8 Å². The van der Waals surface area contributed by atoms with E-state index in [4.69, 9.17) is 5.73 Å². The molecular formula is C16H20N2O3. The number of rotatable bonds is 3. The summed E-state index contributed by atoms with van der Waals surface area (Å²) in [5.74, 6) is -1.06. The summed E-state index contributed by atoms with van der Waals surface area (Å²) in [6.07, 6.45) is 2.56. The highest BCUT2D eigenvalue weighted by Gasteiger charge is 2.49. The van der Waals surface area contributed by atoms with Gasteiger partial charge in [-0.2, -0.15) is 0 Å². The summed E-state index contributed by atoms with van der Waals surface area (Å²) in [7, 11) is 0. The first-order valence-electron chi connectivity index (χ1n) is 7.33. The van der Waals surface area contributed by atoms with Gasteiger partial charge >= 0.3 is 5.97 Å². The van der Waals surface area contributed by atoms with Gasteiger partial charge in [-0.3, -0.25) is 4.79 Å². The molecule has 2 atom stereocenters. The molecule has 3 rings (SSSR count). The highest BCUT2D eigenvalue weighted by molar-refractivity contribution is 5.91. The minimum Gasteiger partial charge on any atom is -0.479 e. The van der Waals surface area contributed by atoms with Gasteiger partial charge in [0.05, 0.1) is 5.54 Å². The minimum absolute atomic E-state index is 0.177. The molecule has 0 bridgehead atoms. The number of hydrogen-bond donors (Lipinski definition) is 2. The molecule has 0 radical (unpaired) electrons. The molecule has 112 valence electrons. The van der Waals surface area contributed by atoms with E-state index in [0.717, 1.165) is 18.4 Å². The van der Waals surface area contributed by atoms with Gasteiger partial charge in [0.25, 0.3) is 0 Å². The summed E-state index contributed by atoms with van der Waals surface area (Å²) in [5.41, 5.74) is 6.94. The molecule has 5 heteroatoms. The Labute approximate surface area is 123 Å². The zero-order valence-corrected chi connectivity index (χ0v) is 12.1. The van der Waals surface area contributed by atoms with Crippen LogP contribution in [0.4, 0.5) is 0 Å². The number of hydrogen-bond acceptors (Lipinski definition) is 3. The normalized spacial score (nSPS) is 24.1. The fourth-order valence-electron chi connectivity index (χ4n) is 3.22. The van der Waals surface area contributed by atoms with E-state index in [1.807, 2.05) is 18.2 Å². The average molecular weight is 288 g/mol. The molecule has 1 heterocycles. The summed E-state index contributed by atoms with van der Waals surface area (Å²) in [4.78, 5) is 25.9. The largest absolute Gasteiger partial charge is 0.479 e. The molecular weight excluding hydrogens is 268 g/mol. The average Bonchev–Trinajstić information content (AvgIpc) is 3.29. The number of fused-ring (bicyclic) bond motifs is 1. The van der Waals surface area contributed by atoms with E-state index in [2.05, 4.69) is 0 Å². The molecule has 1 fully saturated rings. The van der Waals surface area contributed by atoms with E-state index in [9.17, 15) is 14.7 Å². The van der Waals surface area contributed by atoms with Crippen LogP contribution in [0.2, 0.25) is 0 Å². The number of nitrogens with two attached hydrogens (primary N) is 1. The zero-order valence-electron chi connectivity index (χ0n) is 12.1. The molecule has 21 heavy (non-hydrogen) atoms. The quantitative estimate of drug-likeness (QED) is 0.878. The molecule has 0 spiro atoms. The van der Waals surface area contributed by atoms with Gasteiger partial charge in [-0.15, -0.1) is 0 Å². The maximum absolute atomic E-state index is 12.8. The second-order valence-corrected chi connectivity index (χ2v) is 6.25. The summed E-state index contributed by atoms with van der Waals surface area (Å²) in [6, 6.07) is 6.50. The van der Waals surface area contributed by atoms with Crippen LogP contribution in [0.15, 0.2) is 24.3 Å². The third kappa shape index (κ3) is 2.31. The SMILES string of the molecule is CC(N)(C(=O)N1CCc2ccccc2C1C(=O)O)C1CC1. The second-order valence-electron chi connectivity index (χ2n) is 6.25. The van der Waals surface area contributed by atoms with E-state index in [1.165, 1.54) is 4.90 Å². The molecule has 0 saturated heterocycles. The Hall–Kier alpha value is -1.88. The van der Waals surface area contributed by atoms with Gasteiger partial charge in [-0.25, -0.2) is 4.79 Å². The van der Waals surface area contributed by atoms with E-state index >= 15 is 0 Å². The lowest BCUT2D eigenvalue weighted by atomic mass is 9.88. The van der Waals surface area contributed by atoms with Crippen LogP contribution in [0.1, 0.15) is 36.9 Å². The van der Waals surface area contributed by atoms with Crippen LogP contribution < -0.4 is 5.73 Å². The van der Waals surface area contributed by atoms with Gasteiger partial charge in [0, 0.05) is 6.54 Å². The van der Waals surface area contributed by atoms with Gasteiger partial charge in [-0.05, 0) is 43.2 Å². The van der Waals surface area contributed by atoms with Crippen molar-refractivity contribution in [2.75, 3.05) is 6.54 Å². The predicted octanol–water partition coefficient (Wildman–Crippen LogP) is 1.32. The van der Waals surface area contributed by atoms with Crippen molar-refractivity contribution < 1.29 is 14.7 Å². The highest BCUT2D eigenvalue weighted by Crippen LogP contribution is 2.41. The van der Waals surface area contributed by atoms with Crippen molar-refractivity contribution in [3.8, 4) is 0 Å². The maximum atomic E-state index is 12.8. The van der Waals surface area contributed by atoms with Crippen LogP contribution in [-0.4, -0.2) is 34.0 Å². The van der Waals surface area contributed by atoms with E-state index < -0.39 is 17.6 Å². The first kappa shape index (κ1) is 14.1. The van der Waals surface area contributed by atoms with Crippen molar-refractivity contribution in [1.82, 2.24) is 4.90 Å². The monoisotopic (exact) mass is 288 g/mol. The molecule has 3 N–H and O–H groups in total. The molecule has 2 aliphatic rings. The number of nitrogens with zero attached hydrogens (tertiary/aromatic N) is 1. The lowest BCUT2D eigenvalue weighted by molar-refractivity contribution is -0.153. The fourth-order valence-corrected chi connectivity index (χ4v) is 3.22. The van der Waals surface area contributed by atoms with Crippen molar-refractivity contribution in [1.29, 1.82) is 0 Å². The zero-order chi connectivity index (χ0) is 15.2. The Kier molecular flexibility index (Phi) is 3.24. The second kappa shape index (κ2) is 4.84. The Morgan fingerprint density at radius 2 is 2.00 bits per heavy atom. The lowest BCUT2D eigenvalue weighted by Crippen LogP contribution is -2.58. The van der Waals surface area contributed by atoms with Crippen LogP contribution in [0.25, 0.3) is 0 Å². The smallest absolute Gasteiger partial charge is 0.331 e. The Morgan fingerprint density at radius 3 is 2.62 bits per heavy atom. The molecule has 1 amide bonds. The van der Waals surface area contributed by atoms with Gasteiger partial charge in [0.15, 0.2) is 6.04 Å². The standard InChI is InChI=1S/C16H20N2O3/c1-16(17,11-6-7-11)15(21)18-9-8-10-4-2-3-5-12(10)13(18)14(19)20/h2-5,11,13H,6-9,17H2,1H3,(H,19,20). The Morgan fingerprint density at radius 1 is 1.33 bits per heavy atom. The minimum atomic E-state index is -0.998. The molecule has 1 aliphatic carbocycles. The van der Waals surface area contributed by atoms with Gasteiger partial charge in [0.2, 0.25) is 5.91 Å². The number of carbonyl (C=O) groups is 2. The van der Waals surface area contributed by atoms with E-state index in [1.54, 1.807) is 13.0 Å². The summed E-state index contributed by atoms with van der Waals surface area (Å²) in [6.45, 7) is 2.14. The van der Waals surface area contributed by atoms with Crippen molar-refractivity contribution in [2.24, 2.45) is 11.7 Å². The molecule has 1 aromatic rings. The third-order valence-corrected chi connectivity index (χ3v) is 4.66. The van der Waals surface area contributed by atoms with Crippen LogP contribution in [0, 0.1) is 5.92 Å². The summed E-state index contributed by atoms with van der Waals surface area (Å²) < 4.78 is 0. The topological polar surface area (TPSA) is 83.6 Å². The first-order valence-corrected chi connectivity index (χ1v) is 7.33. The first-order chi connectivity index (χ1) is 9.93. The molecule has 1 aromatic carbocycles. The van der Waals surface area contributed by atoms with Crippen LogP contribution >= 0.6 is 0 Å². The molecule has 2 unspecified atom stereocenters. The van der Waals surface area contributed by atoms with Gasteiger partial charge < -0.3 is 15.7 Å². The fraction of sp³-hybridized carbons (Fsp3) is 0.500. The predicted molar refractivity (Wildman–Crippen MR) is 77.6 cm³/mol. The number of carboxylic acid groups (broad SMARTS) is 1. The number of carbonyl (C=O) groups excluding carboxylic acids is 1. The number of benzene rings is 1. The van der Waals surface area contributed by atoms with E-state index in [0.29, 0.717) is 18.5 Å². The van der Waals surface area contributed by atoms with Crippen LogP contribution in [0.3, 0.4) is 0 Å². The number of amides is 1. The third-order valence-electron chi connectivity index (χ3n) is 4.66. The Balaban J connectivity index is 1.96. The van der Waals surface area contributed by atoms with Crippen molar-refractivity contribution in [3.63, 3.8) is 0 Å². The number of aliphatic carboxylic acids is 1. The molecule has 1 aliphatic heterocycles. The van der Waals surface area contributed by atoms with Crippen LogP contribution in [0.5, 0.6) is 0 Å². The summed E-state index contributed by atoms with van der Waals surface area (Å²) in [5, 5.41) is 9.59. The van der Waals surface area contributed by atoms with Crippen LogP contribution in [-0.2, 0) is 16.0 Å². The van der Waals surface area contributed by atoms with Gasteiger partial charge in [-0.1, -0.05) is 24.3 Å². The molecule has 1 saturated carbocycles.